The zero-order valence-electron chi connectivity index (χ0n) is 16.2. The van der Waals surface area contributed by atoms with Crippen LogP contribution in [0, 0.1) is 0 Å². The topological polar surface area (TPSA) is 60.7 Å². The predicted octanol–water partition coefficient (Wildman–Crippen LogP) is 4.26. The number of rotatable bonds is 9. The molecule has 0 fully saturated rings. The number of carbonyl (C=O) groups excluding carboxylic acids is 1. The summed E-state index contributed by atoms with van der Waals surface area (Å²) in [4.78, 5) is 12.1. The molecule has 0 aliphatic heterocycles. The van der Waals surface area contributed by atoms with Gasteiger partial charge >= 0.3 is 0 Å². The van der Waals surface area contributed by atoms with Gasteiger partial charge in [0, 0.05) is 24.9 Å². The maximum Gasteiger partial charge on any atom is 0.220 e. The quantitative estimate of drug-likeness (QED) is 0.604. The zero-order valence-corrected chi connectivity index (χ0v) is 16.2. The molecular formula is C23H25NO4. The number of carbonyl (C=O) groups is 1. The Morgan fingerprint density at radius 2 is 1.71 bits per heavy atom. The fraction of sp³-hybridized carbons (Fsp3) is 0.261. The second-order valence-electron chi connectivity index (χ2n) is 6.42. The van der Waals surface area contributed by atoms with Crippen LogP contribution in [0.4, 0.5) is 0 Å². The van der Waals surface area contributed by atoms with Gasteiger partial charge in [0.25, 0.3) is 0 Å². The molecule has 1 amide bonds. The first kappa shape index (κ1) is 19.5. The highest BCUT2D eigenvalue weighted by atomic mass is 16.5. The Morgan fingerprint density at radius 3 is 2.46 bits per heavy atom. The summed E-state index contributed by atoms with van der Waals surface area (Å²) in [7, 11) is 3.22. The van der Waals surface area contributed by atoms with Crippen LogP contribution in [0.25, 0.3) is 11.3 Å². The van der Waals surface area contributed by atoms with Crippen LogP contribution in [0.1, 0.15) is 17.7 Å². The number of hydrogen-bond donors (Lipinski definition) is 1. The SMILES string of the molecule is COc1ccc(CCNC(=O)CCc2ccc(-c3ccccc3)o2)cc1OC. The number of methoxy groups -OCH3 is 2. The highest BCUT2D eigenvalue weighted by Crippen LogP contribution is 2.27. The van der Waals surface area contributed by atoms with E-state index < -0.39 is 0 Å². The molecule has 1 N–H and O–H groups in total. The van der Waals surface area contributed by atoms with E-state index in [9.17, 15) is 4.79 Å². The minimum atomic E-state index is 0.0122. The number of hydrogen-bond acceptors (Lipinski definition) is 4. The second kappa shape index (κ2) is 9.65. The Kier molecular flexibility index (Phi) is 6.73. The van der Waals surface area contributed by atoms with E-state index in [-0.39, 0.29) is 5.91 Å². The molecule has 0 radical (unpaired) electrons. The smallest absolute Gasteiger partial charge is 0.220 e. The molecule has 5 heteroatoms. The van der Waals surface area contributed by atoms with Gasteiger partial charge in [0.15, 0.2) is 11.5 Å². The van der Waals surface area contributed by atoms with Crippen LogP contribution in [0.15, 0.2) is 65.1 Å². The first-order valence-electron chi connectivity index (χ1n) is 9.31. The van der Waals surface area contributed by atoms with Gasteiger partial charge in [-0.1, -0.05) is 36.4 Å². The van der Waals surface area contributed by atoms with Gasteiger partial charge in [-0.15, -0.1) is 0 Å². The van der Waals surface area contributed by atoms with Crippen LogP contribution in [0.3, 0.4) is 0 Å². The van der Waals surface area contributed by atoms with Gasteiger partial charge in [0.05, 0.1) is 14.2 Å². The van der Waals surface area contributed by atoms with Crippen molar-refractivity contribution in [3.05, 3.63) is 72.0 Å². The van der Waals surface area contributed by atoms with Gasteiger partial charge in [-0.2, -0.15) is 0 Å². The summed E-state index contributed by atoms with van der Waals surface area (Å²) in [6.45, 7) is 0.571. The number of nitrogens with one attached hydrogen (secondary N) is 1. The Labute approximate surface area is 165 Å². The molecule has 1 aromatic heterocycles. The molecule has 1 heterocycles. The first-order chi connectivity index (χ1) is 13.7. The number of benzene rings is 2. The Balaban J connectivity index is 1.43. The molecule has 0 saturated carbocycles. The van der Waals surface area contributed by atoms with E-state index in [2.05, 4.69) is 5.32 Å². The second-order valence-corrected chi connectivity index (χ2v) is 6.42. The van der Waals surface area contributed by atoms with Gasteiger partial charge in [-0.3, -0.25) is 4.79 Å². The van der Waals surface area contributed by atoms with Gasteiger partial charge < -0.3 is 19.2 Å². The molecule has 3 aromatic rings. The monoisotopic (exact) mass is 379 g/mol. The minimum Gasteiger partial charge on any atom is -0.493 e. The Hall–Kier alpha value is -3.21. The third-order valence-electron chi connectivity index (χ3n) is 4.50. The Morgan fingerprint density at radius 1 is 0.929 bits per heavy atom. The largest absolute Gasteiger partial charge is 0.493 e. The number of aryl methyl sites for hydroxylation is 1. The van der Waals surface area contributed by atoms with E-state index in [1.165, 1.54) is 0 Å². The highest BCUT2D eigenvalue weighted by molar-refractivity contribution is 5.76. The first-order valence-corrected chi connectivity index (χ1v) is 9.31. The fourth-order valence-electron chi connectivity index (χ4n) is 2.98. The normalized spacial score (nSPS) is 10.5. The summed E-state index contributed by atoms with van der Waals surface area (Å²) in [5, 5.41) is 2.95. The van der Waals surface area contributed by atoms with Crippen LogP contribution in [0.2, 0.25) is 0 Å². The van der Waals surface area contributed by atoms with Crippen molar-refractivity contribution in [1.82, 2.24) is 5.32 Å². The third-order valence-corrected chi connectivity index (χ3v) is 4.50. The molecule has 28 heavy (non-hydrogen) atoms. The molecule has 0 aliphatic rings. The average molecular weight is 379 g/mol. The summed E-state index contributed by atoms with van der Waals surface area (Å²) >= 11 is 0. The van der Waals surface area contributed by atoms with Crippen LogP contribution in [0.5, 0.6) is 11.5 Å². The molecular weight excluding hydrogens is 354 g/mol. The van der Waals surface area contributed by atoms with Crippen molar-refractivity contribution in [2.75, 3.05) is 20.8 Å². The van der Waals surface area contributed by atoms with Crippen molar-refractivity contribution in [2.24, 2.45) is 0 Å². The van der Waals surface area contributed by atoms with Crippen molar-refractivity contribution in [3.63, 3.8) is 0 Å². The van der Waals surface area contributed by atoms with E-state index in [4.69, 9.17) is 13.9 Å². The van der Waals surface area contributed by atoms with Crippen molar-refractivity contribution >= 4 is 5.91 Å². The minimum absolute atomic E-state index is 0.0122. The van der Waals surface area contributed by atoms with Crippen molar-refractivity contribution in [3.8, 4) is 22.8 Å². The lowest BCUT2D eigenvalue weighted by Crippen LogP contribution is -2.25. The number of amides is 1. The molecule has 0 aliphatic carbocycles. The number of furan rings is 1. The van der Waals surface area contributed by atoms with Gasteiger partial charge in [0.1, 0.15) is 11.5 Å². The average Bonchev–Trinajstić information content (AvgIpc) is 3.22. The van der Waals surface area contributed by atoms with Crippen molar-refractivity contribution in [1.29, 1.82) is 0 Å². The van der Waals surface area contributed by atoms with Crippen LogP contribution < -0.4 is 14.8 Å². The molecule has 2 aromatic carbocycles. The summed E-state index contributed by atoms with van der Waals surface area (Å²) in [5.41, 5.74) is 2.12. The highest BCUT2D eigenvalue weighted by Gasteiger charge is 2.08. The molecule has 3 rings (SSSR count). The van der Waals surface area contributed by atoms with Crippen LogP contribution in [-0.2, 0) is 17.6 Å². The standard InChI is InChI=1S/C23H25NO4/c1-26-21-11-8-17(16-22(21)27-2)14-15-24-23(25)13-10-19-9-12-20(28-19)18-6-4-3-5-7-18/h3-9,11-12,16H,10,13-15H2,1-2H3,(H,24,25). The lowest BCUT2D eigenvalue weighted by Gasteiger charge is -2.10. The van der Waals surface area contributed by atoms with Gasteiger partial charge in [-0.25, -0.2) is 0 Å². The molecule has 5 nitrogen and oxygen atoms in total. The molecule has 0 saturated heterocycles. The third kappa shape index (κ3) is 5.16. The van der Waals surface area contributed by atoms with E-state index in [0.717, 1.165) is 29.1 Å². The van der Waals surface area contributed by atoms with E-state index >= 15 is 0 Å². The zero-order chi connectivity index (χ0) is 19.8. The maximum absolute atomic E-state index is 12.1. The Bertz CT molecular complexity index is 902. The predicted molar refractivity (Wildman–Crippen MR) is 109 cm³/mol. The maximum atomic E-state index is 12.1. The summed E-state index contributed by atoms with van der Waals surface area (Å²) in [6, 6.07) is 19.6. The van der Waals surface area contributed by atoms with E-state index in [1.54, 1.807) is 14.2 Å². The van der Waals surface area contributed by atoms with Crippen molar-refractivity contribution < 1.29 is 18.7 Å². The van der Waals surface area contributed by atoms with Gasteiger partial charge in [-0.05, 0) is 36.2 Å². The van der Waals surface area contributed by atoms with Crippen LogP contribution in [-0.4, -0.2) is 26.7 Å². The molecule has 0 unspecified atom stereocenters. The fourth-order valence-corrected chi connectivity index (χ4v) is 2.98. The van der Waals surface area contributed by atoms with Crippen LogP contribution >= 0.6 is 0 Å². The van der Waals surface area contributed by atoms with Crippen molar-refractivity contribution in [2.45, 2.75) is 19.3 Å². The lowest BCUT2D eigenvalue weighted by molar-refractivity contribution is -0.121. The van der Waals surface area contributed by atoms with Gasteiger partial charge in [0.2, 0.25) is 5.91 Å². The van der Waals surface area contributed by atoms with E-state index in [1.807, 2.05) is 60.7 Å². The molecule has 0 bridgehead atoms. The van der Waals surface area contributed by atoms with E-state index in [0.29, 0.717) is 30.9 Å². The summed E-state index contributed by atoms with van der Waals surface area (Å²) in [5.74, 6) is 3.04. The number of ether oxygens (including phenoxy) is 2. The summed E-state index contributed by atoms with van der Waals surface area (Å²) < 4.78 is 16.4. The molecule has 146 valence electrons. The molecule has 0 spiro atoms. The lowest BCUT2D eigenvalue weighted by atomic mass is 10.1. The summed E-state index contributed by atoms with van der Waals surface area (Å²) in [6.07, 6.45) is 1.70. The molecule has 0 atom stereocenters.